The highest BCUT2D eigenvalue weighted by Crippen LogP contribution is 2.23. The van der Waals surface area contributed by atoms with E-state index in [1.807, 2.05) is 6.92 Å². The third-order valence-electron chi connectivity index (χ3n) is 7.27. The van der Waals surface area contributed by atoms with E-state index in [9.17, 15) is 71.9 Å². The van der Waals surface area contributed by atoms with Crippen molar-refractivity contribution >= 4 is 41.7 Å². The van der Waals surface area contributed by atoms with Crippen molar-refractivity contribution in [1.29, 1.82) is 0 Å². The monoisotopic (exact) mass is 898 g/mol. The van der Waals surface area contributed by atoms with Gasteiger partial charge in [0, 0.05) is 6.42 Å². The summed E-state index contributed by atoms with van der Waals surface area (Å²) in [5.41, 5.74) is 6.77. The summed E-state index contributed by atoms with van der Waals surface area (Å²) in [5, 5.41) is 29.4. The molecule has 2 rings (SSSR count). The number of carboxylic acids is 3. The summed E-state index contributed by atoms with van der Waals surface area (Å²) in [6, 6.07) is 5.30. The van der Waals surface area contributed by atoms with Crippen molar-refractivity contribution in [2.24, 2.45) is 11.7 Å². The molecule has 1 saturated heterocycles. The molecule has 1 aromatic carbocycles. The van der Waals surface area contributed by atoms with E-state index in [2.05, 4.69) is 16.0 Å². The maximum atomic E-state index is 13.1. The molecule has 1 aliphatic rings. The van der Waals surface area contributed by atoms with Crippen molar-refractivity contribution in [3.05, 3.63) is 35.9 Å². The average molecular weight is 899 g/mol. The number of rotatable bonds is 14. The molecule has 15 nitrogen and oxygen atoms in total. The van der Waals surface area contributed by atoms with Crippen LogP contribution in [0, 0.1) is 5.92 Å². The van der Waals surface area contributed by atoms with Gasteiger partial charge in [-0.1, -0.05) is 50.1 Å². The van der Waals surface area contributed by atoms with Gasteiger partial charge in [0.25, 0.3) is 0 Å². The van der Waals surface area contributed by atoms with Crippen LogP contribution in [0.2, 0.25) is 0 Å². The first-order chi connectivity index (χ1) is 27.3. The normalized spacial score (nSPS) is 14.7. The predicted molar refractivity (Wildman–Crippen MR) is 179 cm³/mol. The largest absolute Gasteiger partial charge is 0.490 e. The lowest BCUT2D eigenvalue weighted by Crippen LogP contribution is -2.55. The van der Waals surface area contributed by atoms with Gasteiger partial charge in [-0.05, 0) is 57.2 Å². The number of carboxylic acid groups (broad SMARTS) is 3. The van der Waals surface area contributed by atoms with E-state index < -0.39 is 103 Å². The molecular weight excluding hydrogens is 856 g/mol. The van der Waals surface area contributed by atoms with E-state index in [1.165, 1.54) is 0 Å². The molecule has 0 aromatic heterocycles. The minimum atomic E-state index is -5.08. The van der Waals surface area contributed by atoms with Gasteiger partial charge in [0.1, 0.15) is 12.1 Å². The van der Waals surface area contributed by atoms with Crippen LogP contribution in [0.3, 0.4) is 0 Å². The van der Waals surface area contributed by atoms with Crippen LogP contribution in [0.4, 0.5) is 52.7 Å². The molecule has 0 bridgehead atoms. The van der Waals surface area contributed by atoms with Crippen LogP contribution in [0.25, 0.3) is 0 Å². The van der Waals surface area contributed by atoms with E-state index in [1.54, 1.807) is 30.3 Å². The summed E-state index contributed by atoms with van der Waals surface area (Å²) in [7, 11) is 0. The number of nitrogens with one attached hydrogen (secondary N) is 3. The van der Waals surface area contributed by atoms with E-state index >= 15 is 0 Å². The molecule has 1 aliphatic heterocycles. The zero-order chi connectivity index (χ0) is 47.1. The van der Waals surface area contributed by atoms with Crippen molar-refractivity contribution in [3.8, 4) is 0 Å². The highest BCUT2D eigenvalue weighted by atomic mass is 19.4. The second-order valence-corrected chi connectivity index (χ2v) is 12.2. The number of nitrogens with two attached hydrogens (primary N) is 1. The van der Waals surface area contributed by atoms with E-state index in [0.717, 1.165) is 5.56 Å². The quantitative estimate of drug-likeness (QED) is 0.0777. The Hall–Kier alpha value is -5.21. The molecule has 344 valence electrons. The van der Waals surface area contributed by atoms with Gasteiger partial charge >= 0.3 is 54.6 Å². The van der Waals surface area contributed by atoms with Crippen LogP contribution in [0.15, 0.2) is 30.3 Å². The molecule has 60 heavy (non-hydrogen) atoms. The second kappa shape index (κ2) is 26.8. The third kappa shape index (κ3) is 27.5. The van der Waals surface area contributed by atoms with Gasteiger partial charge in [-0.25, -0.2) is 19.2 Å². The van der Waals surface area contributed by atoms with Crippen LogP contribution in [-0.4, -0.2) is 113 Å². The van der Waals surface area contributed by atoms with Gasteiger partial charge < -0.3 is 41.7 Å². The molecule has 27 heteroatoms. The number of unbranched alkanes of at least 4 members (excludes halogenated alkanes) is 1. The lowest BCUT2D eigenvalue weighted by molar-refractivity contribution is -0.193. The molecular formula is C33H42F12N4O11. The number of carbonyl (C=O) groups is 7. The molecule has 0 radical (unpaired) electrons. The molecule has 1 fully saturated rings. The Bertz CT molecular complexity index is 1460. The van der Waals surface area contributed by atoms with Gasteiger partial charge in [0.2, 0.25) is 11.8 Å². The average Bonchev–Trinajstić information content (AvgIpc) is 3.12. The van der Waals surface area contributed by atoms with Gasteiger partial charge in [0.05, 0.1) is 12.0 Å². The number of halogens is 12. The number of esters is 2. The van der Waals surface area contributed by atoms with Crippen LogP contribution in [0.5, 0.6) is 0 Å². The number of hydrogen-bond donors (Lipinski definition) is 7. The zero-order valence-corrected chi connectivity index (χ0v) is 31.2. The molecule has 0 spiro atoms. The highest BCUT2D eigenvalue weighted by molar-refractivity contribution is 5.94. The van der Waals surface area contributed by atoms with Crippen molar-refractivity contribution in [1.82, 2.24) is 16.0 Å². The molecule has 1 aromatic rings. The lowest BCUT2D eigenvalue weighted by Gasteiger charge is -2.25. The number of ether oxygens (including phenoxy) is 1. The van der Waals surface area contributed by atoms with Crippen LogP contribution >= 0.6 is 0 Å². The zero-order valence-electron chi connectivity index (χ0n) is 31.2. The summed E-state index contributed by atoms with van der Waals surface area (Å²) in [6.45, 7) is 3.12. The van der Waals surface area contributed by atoms with Gasteiger partial charge in [-0.2, -0.15) is 52.7 Å². The first-order valence-corrected chi connectivity index (χ1v) is 17.2. The standard InChI is InChI=1S/C27H39F3N4O5.3C2HF3O2/c1-2-3-10-22(26(38)39-25(37)19-12-15-32-16-13-19)34-24(36)21(11-7-14-27(28,29)30)33-23(35)20(31)17-18-8-5-4-6-9-18;3*3-2(4,5)1(6)7/h4-6,8-9,19-22,32H,2-3,7,10-17,31H2,1H3,(H,33,35)(H,34,36);3*(H,6,7)/t20-,21-,22?;;;/m1.../s1. The van der Waals surface area contributed by atoms with Crippen LogP contribution < -0.4 is 21.7 Å². The third-order valence-corrected chi connectivity index (χ3v) is 7.27. The smallest absolute Gasteiger partial charge is 0.475 e. The van der Waals surface area contributed by atoms with Crippen molar-refractivity contribution in [3.63, 3.8) is 0 Å². The maximum absolute atomic E-state index is 13.1. The summed E-state index contributed by atoms with van der Waals surface area (Å²) < 4.78 is 139. The Morgan fingerprint density at radius 1 is 0.717 bits per heavy atom. The number of amides is 2. The Balaban J connectivity index is 0. The van der Waals surface area contributed by atoms with Crippen molar-refractivity contribution in [2.75, 3.05) is 13.1 Å². The highest BCUT2D eigenvalue weighted by Gasteiger charge is 2.40. The minimum absolute atomic E-state index is 0.161. The maximum Gasteiger partial charge on any atom is 0.490 e. The number of benzene rings is 1. The first-order valence-electron chi connectivity index (χ1n) is 17.2. The van der Waals surface area contributed by atoms with Crippen molar-refractivity contribution in [2.45, 2.75) is 108 Å². The number of hydrogen-bond acceptors (Lipinski definition) is 10. The lowest BCUT2D eigenvalue weighted by atomic mass is 9.98. The van der Waals surface area contributed by atoms with E-state index in [0.29, 0.717) is 38.8 Å². The molecule has 1 unspecified atom stereocenters. The summed E-state index contributed by atoms with van der Waals surface area (Å²) >= 11 is 0. The van der Waals surface area contributed by atoms with E-state index in [-0.39, 0.29) is 19.3 Å². The summed E-state index contributed by atoms with van der Waals surface area (Å²) in [6.07, 6.45) is -19.0. The Morgan fingerprint density at radius 3 is 1.53 bits per heavy atom. The fraction of sp³-hybridized carbons (Fsp3) is 0.606. The molecule has 2 amide bonds. The van der Waals surface area contributed by atoms with Gasteiger partial charge in [0.15, 0.2) is 0 Å². The number of aliphatic carboxylic acids is 3. The number of piperidine rings is 1. The molecule has 8 N–H and O–H groups in total. The van der Waals surface area contributed by atoms with Crippen LogP contribution in [0.1, 0.15) is 63.9 Å². The summed E-state index contributed by atoms with van der Waals surface area (Å²) in [5.74, 6) is -11.9. The Labute approximate surface area is 332 Å². The summed E-state index contributed by atoms with van der Waals surface area (Å²) in [4.78, 5) is 77.8. The minimum Gasteiger partial charge on any atom is -0.475 e. The fourth-order valence-electron chi connectivity index (χ4n) is 4.26. The molecule has 3 atom stereocenters. The second-order valence-electron chi connectivity index (χ2n) is 12.2. The first kappa shape index (κ1) is 56.9. The molecule has 0 saturated carbocycles. The van der Waals surface area contributed by atoms with E-state index in [4.69, 9.17) is 40.2 Å². The molecule has 1 heterocycles. The number of alkyl halides is 12. The Kier molecular flexibility index (Phi) is 25.4. The van der Waals surface area contributed by atoms with Crippen molar-refractivity contribution < 1.29 is 106 Å². The van der Waals surface area contributed by atoms with Gasteiger partial charge in [-0.3, -0.25) is 14.4 Å². The predicted octanol–water partition coefficient (Wildman–Crippen LogP) is 4.42. The number of carbonyl (C=O) groups excluding carboxylic acids is 4. The van der Waals surface area contributed by atoms with Crippen LogP contribution in [-0.2, 0) is 44.7 Å². The topological polar surface area (TPSA) is 252 Å². The molecule has 0 aliphatic carbocycles. The van der Waals surface area contributed by atoms with Gasteiger partial charge in [-0.15, -0.1) is 0 Å². The Morgan fingerprint density at radius 2 is 1.13 bits per heavy atom. The SMILES string of the molecule is CCCCC(NC(=O)[C@@H](CCCC(F)(F)F)NC(=O)[C@H](N)Cc1ccccc1)C(=O)OC(=O)C1CCNCC1.O=C(O)C(F)(F)F.O=C(O)C(F)(F)F.O=C(O)C(F)(F)F. The fourth-order valence-corrected chi connectivity index (χ4v) is 4.26.